The summed E-state index contributed by atoms with van der Waals surface area (Å²) in [6, 6.07) is 7.97. The van der Waals surface area contributed by atoms with Crippen LogP contribution in [-0.4, -0.2) is 18.5 Å². The second kappa shape index (κ2) is 6.42. The van der Waals surface area contributed by atoms with E-state index in [4.69, 9.17) is 8.83 Å². The normalized spacial score (nSPS) is 11.3. The van der Waals surface area contributed by atoms with Crippen LogP contribution < -0.4 is 5.32 Å². The Labute approximate surface area is 108 Å². The van der Waals surface area contributed by atoms with Crippen molar-refractivity contribution in [3.8, 4) is 0 Å². The Morgan fingerprint density at radius 1 is 1.11 bits per heavy atom. The Bertz CT molecular complexity index is 448. The van der Waals surface area contributed by atoms with Crippen LogP contribution in [0.25, 0.3) is 0 Å². The molecule has 0 fully saturated rings. The average Bonchev–Trinajstić information content (AvgIpc) is 3.01. The van der Waals surface area contributed by atoms with Gasteiger partial charge in [-0.1, -0.05) is 6.92 Å². The number of nitrogens with one attached hydrogen (secondary N) is 1. The van der Waals surface area contributed by atoms with Crippen LogP contribution in [0.2, 0.25) is 0 Å². The van der Waals surface area contributed by atoms with E-state index in [2.05, 4.69) is 17.1 Å². The lowest BCUT2D eigenvalue weighted by Gasteiger charge is -2.17. The zero-order chi connectivity index (χ0) is 12.8. The van der Waals surface area contributed by atoms with Gasteiger partial charge in [0.1, 0.15) is 17.3 Å². The molecule has 0 saturated heterocycles. The first-order valence-corrected chi connectivity index (χ1v) is 6.28. The first kappa shape index (κ1) is 12.9. The van der Waals surface area contributed by atoms with Crippen molar-refractivity contribution in [2.75, 3.05) is 13.6 Å². The highest BCUT2D eigenvalue weighted by Crippen LogP contribution is 2.13. The minimum Gasteiger partial charge on any atom is -0.468 e. The van der Waals surface area contributed by atoms with Crippen LogP contribution in [0.5, 0.6) is 0 Å². The van der Waals surface area contributed by atoms with Crippen LogP contribution in [0.3, 0.4) is 0 Å². The molecule has 2 aromatic rings. The van der Waals surface area contributed by atoms with E-state index in [1.807, 2.05) is 31.3 Å². The van der Waals surface area contributed by atoms with Crippen molar-refractivity contribution in [1.82, 2.24) is 10.2 Å². The maximum Gasteiger partial charge on any atom is 0.118 e. The zero-order valence-corrected chi connectivity index (χ0v) is 11.0. The minimum atomic E-state index is 0.768. The molecule has 2 aromatic heterocycles. The molecule has 0 saturated carbocycles. The number of furan rings is 2. The van der Waals surface area contributed by atoms with Crippen molar-refractivity contribution in [3.05, 3.63) is 47.8 Å². The summed E-state index contributed by atoms with van der Waals surface area (Å²) in [5, 5.41) is 3.08. The molecule has 1 N–H and O–H groups in total. The summed E-state index contributed by atoms with van der Waals surface area (Å²) in [6.45, 7) is 5.49. The lowest BCUT2D eigenvalue weighted by Crippen LogP contribution is -2.21. The molecule has 0 amide bonds. The van der Waals surface area contributed by atoms with Gasteiger partial charge < -0.3 is 14.2 Å². The monoisotopic (exact) mass is 248 g/mol. The lowest BCUT2D eigenvalue weighted by atomic mass is 10.3. The second-order valence-electron chi connectivity index (χ2n) is 4.28. The van der Waals surface area contributed by atoms with Crippen LogP contribution in [0.4, 0.5) is 0 Å². The van der Waals surface area contributed by atoms with Crippen LogP contribution in [0, 0.1) is 0 Å². The third kappa shape index (κ3) is 3.48. The molecule has 0 bridgehead atoms. The molecule has 2 rings (SSSR count). The summed E-state index contributed by atoms with van der Waals surface area (Å²) in [5.74, 6) is 2.95. The maximum absolute atomic E-state index is 5.74. The fourth-order valence-corrected chi connectivity index (χ4v) is 1.90. The van der Waals surface area contributed by atoms with Crippen LogP contribution >= 0.6 is 0 Å². The van der Waals surface area contributed by atoms with Gasteiger partial charge in [0.15, 0.2) is 0 Å². The van der Waals surface area contributed by atoms with Gasteiger partial charge in [0, 0.05) is 0 Å². The average molecular weight is 248 g/mol. The van der Waals surface area contributed by atoms with Gasteiger partial charge in [-0.3, -0.25) is 4.90 Å². The fourth-order valence-electron chi connectivity index (χ4n) is 1.90. The Balaban J connectivity index is 1.92. The molecule has 4 nitrogen and oxygen atoms in total. The van der Waals surface area contributed by atoms with Gasteiger partial charge in [-0.25, -0.2) is 0 Å². The molecule has 98 valence electrons. The molecule has 4 heteroatoms. The third-order valence-corrected chi connectivity index (χ3v) is 2.85. The molecule has 0 aromatic carbocycles. The molecule has 0 radical (unpaired) electrons. The highest BCUT2D eigenvalue weighted by Gasteiger charge is 2.09. The van der Waals surface area contributed by atoms with Crippen LogP contribution in [0.15, 0.2) is 39.4 Å². The molecule has 0 aliphatic rings. The van der Waals surface area contributed by atoms with Crippen LogP contribution in [0.1, 0.15) is 24.2 Å². The largest absolute Gasteiger partial charge is 0.468 e. The third-order valence-electron chi connectivity index (χ3n) is 2.85. The minimum absolute atomic E-state index is 0.768. The van der Waals surface area contributed by atoms with E-state index in [-0.39, 0.29) is 0 Å². The van der Waals surface area contributed by atoms with Crippen molar-refractivity contribution in [1.29, 1.82) is 0 Å². The Kier molecular flexibility index (Phi) is 4.61. The summed E-state index contributed by atoms with van der Waals surface area (Å²) in [5.41, 5.74) is 0. The van der Waals surface area contributed by atoms with E-state index in [0.717, 1.165) is 43.5 Å². The van der Waals surface area contributed by atoms with E-state index < -0.39 is 0 Å². The lowest BCUT2D eigenvalue weighted by molar-refractivity contribution is 0.226. The quantitative estimate of drug-likeness (QED) is 0.817. The molecule has 0 aliphatic heterocycles. The summed E-state index contributed by atoms with van der Waals surface area (Å²) in [4.78, 5) is 2.28. The van der Waals surface area contributed by atoms with Crippen molar-refractivity contribution in [2.45, 2.75) is 26.6 Å². The van der Waals surface area contributed by atoms with Gasteiger partial charge >= 0.3 is 0 Å². The first-order chi connectivity index (χ1) is 8.81. The summed E-state index contributed by atoms with van der Waals surface area (Å²) < 4.78 is 11.1. The standard InChI is InChI=1S/C14H20N2O2/c1-3-16(10-13-5-4-8-17-13)11-14-7-6-12(18-14)9-15-2/h4-8,15H,3,9-11H2,1-2H3. The topological polar surface area (TPSA) is 41.6 Å². The smallest absolute Gasteiger partial charge is 0.118 e. The van der Waals surface area contributed by atoms with E-state index in [1.165, 1.54) is 0 Å². The Morgan fingerprint density at radius 2 is 1.89 bits per heavy atom. The summed E-state index contributed by atoms with van der Waals surface area (Å²) in [7, 11) is 1.91. The van der Waals surface area contributed by atoms with Gasteiger partial charge in [-0.2, -0.15) is 0 Å². The summed E-state index contributed by atoms with van der Waals surface area (Å²) >= 11 is 0. The van der Waals surface area contributed by atoms with Crippen molar-refractivity contribution in [2.24, 2.45) is 0 Å². The molecule has 0 unspecified atom stereocenters. The van der Waals surface area contributed by atoms with Crippen molar-refractivity contribution in [3.63, 3.8) is 0 Å². The molecule has 0 atom stereocenters. The zero-order valence-electron chi connectivity index (χ0n) is 11.0. The molecular formula is C14H20N2O2. The summed E-state index contributed by atoms with van der Waals surface area (Å²) in [6.07, 6.45) is 1.71. The molecule has 2 heterocycles. The number of nitrogens with zero attached hydrogens (tertiary/aromatic N) is 1. The van der Waals surface area contributed by atoms with Gasteiger partial charge in [0.25, 0.3) is 0 Å². The number of hydrogen-bond acceptors (Lipinski definition) is 4. The van der Waals surface area contributed by atoms with Gasteiger partial charge in [0.05, 0.1) is 25.9 Å². The van der Waals surface area contributed by atoms with E-state index in [9.17, 15) is 0 Å². The van der Waals surface area contributed by atoms with Crippen molar-refractivity contribution < 1.29 is 8.83 Å². The molecule has 0 aliphatic carbocycles. The number of hydrogen-bond donors (Lipinski definition) is 1. The highest BCUT2D eigenvalue weighted by atomic mass is 16.3. The number of rotatable bonds is 7. The Morgan fingerprint density at radius 3 is 2.56 bits per heavy atom. The molecule has 18 heavy (non-hydrogen) atoms. The van der Waals surface area contributed by atoms with Gasteiger partial charge in [-0.15, -0.1) is 0 Å². The predicted molar refractivity (Wildman–Crippen MR) is 70.0 cm³/mol. The van der Waals surface area contributed by atoms with E-state index in [1.54, 1.807) is 6.26 Å². The van der Waals surface area contributed by atoms with E-state index >= 15 is 0 Å². The SMILES string of the molecule is CCN(Cc1ccco1)Cc1ccc(CNC)o1. The first-order valence-electron chi connectivity index (χ1n) is 6.28. The van der Waals surface area contributed by atoms with E-state index in [0.29, 0.717) is 0 Å². The maximum atomic E-state index is 5.74. The Hall–Kier alpha value is -1.52. The fraction of sp³-hybridized carbons (Fsp3) is 0.429. The van der Waals surface area contributed by atoms with Crippen molar-refractivity contribution >= 4 is 0 Å². The second-order valence-corrected chi connectivity index (χ2v) is 4.28. The van der Waals surface area contributed by atoms with Gasteiger partial charge in [-0.05, 0) is 37.9 Å². The molecular weight excluding hydrogens is 228 g/mol. The molecule has 0 spiro atoms. The van der Waals surface area contributed by atoms with Gasteiger partial charge in [0.2, 0.25) is 0 Å². The predicted octanol–water partition coefficient (Wildman–Crippen LogP) is 2.61. The van der Waals surface area contributed by atoms with Crippen LogP contribution in [-0.2, 0) is 19.6 Å². The highest BCUT2D eigenvalue weighted by molar-refractivity contribution is 5.07.